The predicted molar refractivity (Wildman–Crippen MR) is 99.5 cm³/mol. The fourth-order valence-corrected chi connectivity index (χ4v) is 3.50. The molecule has 10 nitrogen and oxygen atoms in total. The largest absolute Gasteiger partial charge is 0.481 e. The van der Waals surface area contributed by atoms with Gasteiger partial charge in [0, 0.05) is 44.5 Å². The number of nitrogens with zero attached hydrogens (tertiary/aromatic N) is 8. The minimum absolute atomic E-state index is 0.214. The Morgan fingerprint density at radius 3 is 2.96 bits per heavy atom. The molecule has 0 aromatic carbocycles. The number of nitrogens with two attached hydrogens (primary N) is 1. The standard InChI is InChI=1S/C17H23N9O/c1-24-14(11-26-8-4-6-19-26)22-23-16(24)12-5-3-7-25(10-12)13-9-15(27-2)21-17(18)20-13/h4,6,8-9,12H,3,5,7,10-11H2,1-2H3,(H2,18,20,21)/t12-/m0/s1. The van der Waals surface area contributed by atoms with Crippen LogP contribution in [0, 0.1) is 0 Å². The average Bonchev–Trinajstić information content (AvgIpc) is 3.32. The van der Waals surface area contributed by atoms with Crippen molar-refractivity contribution in [3.05, 3.63) is 36.2 Å². The summed E-state index contributed by atoms with van der Waals surface area (Å²) in [6, 6.07) is 3.72. The maximum atomic E-state index is 5.82. The first-order valence-corrected chi connectivity index (χ1v) is 8.93. The second kappa shape index (κ2) is 7.22. The van der Waals surface area contributed by atoms with E-state index in [4.69, 9.17) is 10.5 Å². The van der Waals surface area contributed by atoms with Crippen molar-refractivity contribution >= 4 is 11.8 Å². The number of piperidine rings is 1. The van der Waals surface area contributed by atoms with Gasteiger partial charge >= 0.3 is 0 Å². The molecule has 0 radical (unpaired) electrons. The van der Waals surface area contributed by atoms with Crippen molar-refractivity contribution in [3.63, 3.8) is 0 Å². The lowest BCUT2D eigenvalue weighted by Crippen LogP contribution is -2.36. The summed E-state index contributed by atoms with van der Waals surface area (Å²) < 4.78 is 9.14. The smallest absolute Gasteiger partial charge is 0.225 e. The maximum Gasteiger partial charge on any atom is 0.225 e. The summed E-state index contributed by atoms with van der Waals surface area (Å²) in [6.07, 6.45) is 5.78. The molecule has 2 N–H and O–H groups in total. The molecule has 1 atom stereocenters. The minimum Gasteiger partial charge on any atom is -0.481 e. The van der Waals surface area contributed by atoms with Gasteiger partial charge in [-0.05, 0) is 18.9 Å². The number of anilines is 2. The second-order valence-corrected chi connectivity index (χ2v) is 6.65. The van der Waals surface area contributed by atoms with Gasteiger partial charge in [0.15, 0.2) is 5.82 Å². The summed E-state index contributed by atoms with van der Waals surface area (Å²) in [4.78, 5) is 10.6. The van der Waals surface area contributed by atoms with Gasteiger partial charge in [-0.1, -0.05) is 0 Å². The SMILES string of the molecule is COc1cc(N2CCC[C@H](c3nnc(Cn4cccn4)n3C)C2)nc(N)n1. The summed E-state index contributed by atoms with van der Waals surface area (Å²) in [7, 11) is 3.59. The fourth-order valence-electron chi connectivity index (χ4n) is 3.50. The number of aromatic nitrogens is 7. The van der Waals surface area contributed by atoms with Gasteiger partial charge in [-0.15, -0.1) is 10.2 Å². The van der Waals surface area contributed by atoms with E-state index in [-0.39, 0.29) is 11.9 Å². The van der Waals surface area contributed by atoms with Gasteiger partial charge in [-0.2, -0.15) is 15.1 Å². The Labute approximate surface area is 157 Å². The molecular formula is C17H23N9O. The quantitative estimate of drug-likeness (QED) is 0.703. The van der Waals surface area contributed by atoms with Crippen LogP contribution in [0.15, 0.2) is 24.5 Å². The molecular weight excluding hydrogens is 346 g/mol. The van der Waals surface area contributed by atoms with Crippen LogP contribution in [-0.4, -0.2) is 54.7 Å². The van der Waals surface area contributed by atoms with Crippen molar-refractivity contribution in [2.75, 3.05) is 30.8 Å². The highest BCUT2D eigenvalue weighted by atomic mass is 16.5. The van der Waals surface area contributed by atoms with Crippen LogP contribution in [0.25, 0.3) is 0 Å². The molecule has 1 saturated heterocycles. The molecule has 4 rings (SSSR count). The number of ether oxygens (including phenoxy) is 1. The van der Waals surface area contributed by atoms with E-state index in [9.17, 15) is 0 Å². The van der Waals surface area contributed by atoms with E-state index >= 15 is 0 Å². The van der Waals surface area contributed by atoms with Crippen molar-refractivity contribution < 1.29 is 4.74 Å². The van der Waals surface area contributed by atoms with Crippen LogP contribution >= 0.6 is 0 Å². The molecule has 1 fully saturated rings. The summed E-state index contributed by atoms with van der Waals surface area (Å²) in [5, 5.41) is 13.1. The lowest BCUT2D eigenvalue weighted by atomic mass is 9.97. The van der Waals surface area contributed by atoms with Gasteiger partial charge in [0.2, 0.25) is 11.8 Å². The maximum absolute atomic E-state index is 5.82. The van der Waals surface area contributed by atoms with Crippen molar-refractivity contribution in [1.82, 2.24) is 34.5 Å². The molecule has 0 aliphatic carbocycles. The highest BCUT2D eigenvalue weighted by molar-refractivity contribution is 5.46. The Hall–Kier alpha value is -3.17. The van der Waals surface area contributed by atoms with E-state index < -0.39 is 0 Å². The first kappa shape index (κ1) is 17.3. The summed E-state index contributed by atoms with van der Waals surface area (Å²) in [6.45, 7) is 2.31. The third-order valence-electron chi connectivity index (χ3n) is 4.89. The van der Waals surface area contributed by atoms with Crippen LogP contribution in [0.3, 0.4) is 0 Å². The Morgan fingerprint density at radius 2 is 2.19 bits per heavy atom. The molecule has 0 saturated carbocycles. The van der Waals surface area contributed by atoms with Crippen LogP contribution in [0.5, 0.6) is 5.88 Å². The minimum atomic E-state index is 0.214. The Morgan fingerprint density at radius 1 is 1.30 bits per heavy atom. The zero-order valence-electron chi connectivity index (χ0n) is 15.5. The second-order valence-electron chi connectivity index (χ2n) is 6.65. The monoisotopic (exact) mass is 369 g/mol. The summed E-state index contributed by atoms with van der Waals surface area (Å²) in [5.74, 6) is 3.61. The van der Waals surface area contributed by atoms with Crippen LogP contribution in [0.2, 0.25) is 0 Å². The van der Waals surface area contributed by atoms with E-state index in [0.29, 0.717) is 12.4 Å². The molecule has 27 heavy (non-hydrogen) atoms. The molecule has 4 heterocycles. The Bertz CT molecular complexity index is 905. The van der Waals surface area contributed by atoms with Crippen molar-refractivity contribution in [1.29, 1.82) is 0 Å². The molecule has 3 aromatic heterocycles. The van der Waals surface area contributed by atoms with Gasteiger partial charge in [-0.25, -0.2) is 0 Å². The first-order valence-electron chi connectivity index (χ1n) is 8.93. The van der Waals surface area contributed by atoms with Crippen molar-refractivity contribution in [3.8, 4) is 5.88 Å². The van der Waals surface area contributed by atoms with E-state index in [1.54, 1.807) is 13.3 Å². The predicted octanol–water partition coefficient (Wildman–Crippen LogP) is 0.825. The number of hydrogen-bond donors (Lipinski definition) is 1. The molecule has 1 aliphatic rings. The van der Waals surface area contributed by atoms with Crippen LogP contribution in [0.4, 0.5) is 11.8 Å². The van der Waals surface area contributed by atoms with Crippen LogP contribution < -0.4 is 15.4 Å². The highest BCUT2D eigenvalue weighted by Gasteiger charge is 2.27. The van der Waals surface area contributed by atoms with Gasteiger partial charge < -0.3 is 19.9 Å². The third kappa shape index (κ3) is 3.55. The molecule has 0 bridgehead atoms. The average molecular weight is 369 g/mol. The van der Waals surface area contributed by atoms with E-state index in [1.807, 2.05) is 30.1 Å². The van der Waals surface area contributed by atoms with Crippen LogP contribution in [-0.2, 0) is 13.6 Å². The zero-order chi connectivity index (χ0) is 18.8. The van der Waals surface area contributed by atoms with Crippen molar-refractivity contribution in [2.24, 2.45) is 7.05 Å². The summed E-state index contributed by atoms with van der Waals surface area (Å²) in [5.41, 5.74) is 5.82. The molecule has 10 heteroatoms. The Balaban J connectivity index is 1.53. The van der Waals surface area contributed by atoms with E-state index in [2.05, 4.69) is 34.7 Å². The number of nitrogen functional groups attached to an aromatic ring is 1. The lowest BCUT2D eigenvalue weighted by Gasteiger charge is -2.33. The molecule has 0 amide bonds. The van der Waals surface area contributed by atoms with E-state index in [0.717, 1.165) is 43.4 Å². The van der Waals surface area contributed by atoms with E-state index in [1.165, 1.54) is 0 Å². The van der Waals surface area contributed by atoms with Gasteiger partial charge in [-0.3, -0.25) is 4.68 Å². The highest BCUT2D eigenvalue weighted by Crippen LogP contribution is 2.29. The molecule has 1 aliphatic heterocycles. The molecule has 0 spiro atoms. The number of methoxy groups -OCH3 is 1. The van der Waals surface area contributed by atoms with Crippen molar-refractivity contribution in [2.45, 2.75) is 25.3 Å². The number of rotatable bonds is 5. The third-order valence-corrected chi connectivity index (χ3v) is 4.89. The van der Waals surface area contributed by atoms with Crippen LogP contribution in [0.1, 0.15) is 30.4 Å². The zero-order valence-corrected chi connectivity index (χ0v) is 15.5. The molecule has 0 unspecified atom stereocenters. The Kier molecular flexibility index (Phi) is 4.61. The normalized spacial score (nSPS) is 17.3. The lowest BCUT2D eigenvalue weighted by molar-refractivity contribution is 0.397. The van der Waals surface area contributed by atoms with Gasteiger partial charge in [0.25, 0.3) is 0 Å². The molecule has 3 aromatic rings. The fraction of sp³-hybridized carbons (Fsp3) is 0.471. The molecule has 142 valence electrons. The topological polar surface area (TPSA) is 113 Å². The number of hydrogen-bond acceptors (Lipinski definition) is 8. The first-order chi connectivity index (χ1) is 13.1. The van der Waals surface area contributed by atoms with Gasteiger partial charge in [0.1, 0.15) is 18.2 Å². The summed E-state index contributed by atoms with van der Waals surface area (Å²) >= 11 is 0. The van der Waals surface area contributed by atoms with Gasteiger partial charge in [0.05, 0.1) is 7.11 Å².